The third-order valence-corrected chi connectivity index (χ3v) is 6.06. The van der Waals surface area contributed by atoms with Gasteiger partial charge in [0.05, 0.1) is 16.4 Å². The third-order valence-electron chi connectivity index (χ3n) is 5.31. The van der Waals surface area contributed by atoms with Crippen molar-refractivity contribution in [2.75, 3.05) is 23.3 Å². The molecular weight excluding hydrogens is 477 g/mol. The maximum atomic E-state index is 12.4. The minimum atomic E-state index is -0.356. The van der Waals surface area contributed by atoms with Crippen molar-refractivity contribution in [1.82, 2.24) is 5.32 Å². The zero-order valence-corrected chi connectivity index (χ0v) is 20.1. The number of carbonyl (C=O) groups is 1. The number of carbonyl (C=O) groups excluding carboxylic acids is 1. The van der Waals surface area contributed by atoms with Crippen LogP contribution in [0, 0.1) is 0 Å². The van der Waals surface area contributed by atoms with Crippen LogP contribution in [0.1, 0.15) is 25.0 Å². The van der Waals surface area contributed by atoms with Crippen molar-refractivity contribution in [1.29, 1.82) is 0 Å². The first kappa shape index (κ1) is 23.4. The number of anilines is 2. The lowest BCUT2D eigenvalue weighted by atomic mass is 10.1. The number of para-hydroxylation sites is 2. The molecule has 1 aliphatic heterocycles. The first-order valence-electron chi connectivity index (χ1n) is 10.7. The van der Waals surface area contributed by atoms with E-state index >= 15 is 0 Å². The molecule has 5 nitrogen and oxygen atoms in total. The lowest BCUT2D eigenvalue weighted by molar-refractivity contribution is -0.115. The highest BCUT2D eigenvalue weighted by Gasteiger charge is 2.15. The number of rotatable bonds is 5. The van der Waals surface area contributed by atoms with Gasteiger partial charge >= 0.3 is 0 Å². The number of nitrogens with one attached hydrogen (secondary N) is 2. The number of piperidine rings is 1. The molecule has 0 unspecified atom stereocenters. The second kappa shape index (κ2) is 10.9. The minimum absolute atomic E-state index is 0.238. The highest BCUT2D eigenvalue weighted by molar-refractivity contribution is 7.80. The maximum Gasteiger partial charge on any atom is 0.250 e. The Morgan fingerprint density at radius 2 is 1.82 bits per heavy atom. The van der Waals surface area contributed by atoms with E-state index in [0.717, 1.165) is 30.0 Å². The van der Waals surface area contributed by atoms with E-state index < -0.39 is 0 Å². The molecule has 3 aromatic rings. The van der Waals surface area contributed by atoms with E-state index in [1.54, 1.807) is 36.4 Å². The fraction of sp³-hybridized carbons (Fsp3) is 0.200. The zero-order valence-electron chi connectivity index (χ0n) is 17.8. The Labute approximate surface area is 208 Å². The van der Waals surface area contributed by atoms with Crippen molar-refractivity contribution < 1.29 is 9.21 Å². The van der Waals surface area contributed by atoms with Gasteiger partial charge in [-0.05, 0) is 80.0 Å². The molecule has 0 spiro atoms. The lowest BCUT2D eigenvalue weighted by Crippen LogP contribution is -2.34. The first-order chi connectivity index (χ1) is 16.0. The summed E-state index contributed by atoms with van der Waals surface area (Å²) in [6.45, 7) is 2.04. The molecule has 0 aliphatic carbocycles. The predicted octanol–water partition coefficient (Wildman–Crippen LogP) is 6.77. The molecule has 4 rings (SSSR count). The molecule has 0 atom stereocenters. The third kappa shape index (κ3) is 6.16. The van der Waals surface area contributed by atoms with E-state index in [-0.39, 0.29) is 11.0 Å². The lowest BCUT2D eigenvalue weighted by Gasteiger charge is -2.30. The summed E-state index contributed by atoms with van der Waals surface area (Å²) in [6.07, 6.45) is 6.57. The second-order valence-corrected chi connectivity index (χ2v) is 8.92. The van der Waals surface area contributed by atoms with Crippen LogP contribution in [0.3, 0.4) is 0 Å². The highest BCUT2D eigenvalue weighted by atomic mass is 35.5. The Hall–Kier alpha value is -2.80. The minimum Gasteiger partial charge on any atom is -0.457 e. The number of nitrogens with zero attached hydrogens (tertiary/aromatic N) is 1. The number of hydrogen-bond acceptors (Lipinski definition) is 4. The van der Waals surface area contributed by atoms with Crippen LogP contribution in [0.15, 0.2) is 65.1 Å². The van der Waals surface area contributed by atoms with E-state index in [9.17, 15) is 4.79 Å². The standard InChI is InChI=1S/C25H23Cl2N3O2S/c26-17-8-11-19(20(27)16-17)23-12-9-18(32-23)10-13-24(31)29-25(33)28-21-6-2-3-7-22(21)30-14-4-1-5-15-30/h2-3,6-13,16H,1,4-5,14-15H2,(H2,28,29,31,33)/b13-10+. The topological polar surface area (TPSA) is 57.5 Å². The Morgan fingerprint density at radius 3 is 2.61 bits per heavy atom. The van der Waals surface area contributed by atoms with Crippen molar-refractivity contribution in [2.24, 2.45) is 0 Å². The van der Waals surface area contributed by atoms with Crippen LogP contribution in [0.25, 0.3) is 17.4 Å². The van der Waals surface area contributed by atoms with Gasteiger partial charge in [-0.2, -0.15) is 0 Å². The van der Waals surface area contributed by atoms with E-state index in [1.807, 2.05) is 18.2 Å². The summed E-state index contributed by atoms with van der Waals surface area (Å²) in [7, 11) is 0. The smallest absolute Gasteiger partial charge is 0.250 e. The molecule has 1 amide bonds. The van der Waals surface area contributed by atoms with Crippen molar-refractivity contribution in [3.8, 4) is 11.3 Å². The van der Waals surface area contributed by atoms with Gasteiger partial charge in [0, 0.05) is 29.8 Å². The van der Waals surface area contributed by atoms with Crippen molar-refractivity contribution in [2.45, 2.75) is 19.3 Å². The first-order valence-corrected chi connectivity index (χ1v) is 11.9. The van der Waals surface area contributed by atoms with Crippen LogP contribution in [-0.4, -0.2) is 24.1 Å². The Bertz CT molecular complexity index is 1190. The Morgan fingerprint density at radius 1 is 1.03 bits per heavy atom. The summed E-state index contributed by atoms with van der Waals surface area (Å²) < 4.78 is 5.78. The van der Waals surface area contributed by atoms with E-state index in [2.05, 4.69) is 21.6 Å². The van der Waals surface area contributed by atoms with Crippen LogP contribution in [-0.2, 0) is 4.79 Å². The summed E-state index contributed by atoms with van der Waals surface area (Å²) in [5.74, 6) is 0.745. The van der Waals surface area contributed by atoms with Crippen molar-refractivity contribution in [3.05, 3.63) is 76.5 Å². The van der Waals surface area contributed by atoms with Gasteiger partial charge in [-0.3, -0.25) is 10.1 Å². The second-order valence-electron chi connectivity index (χ2n) is 7.67. The molecular formula is C25H23Cl2N3O2S. The molecule has 33 heavy (non-hydrogen) atoms. The number of halogens is 2. The fourth-order valence-electron chi connectivity index (χ4n) is 3.73. The van der Waals surface area contributed by atoms with Crippen LogP contribution >= 0.6 is 35.4 Å². The van der Waals surface area contributed by atoms with E-state index in [1.165, 1.54) is 25.3 Å². The van der Waals surface area contributed by atoms with Gasteiger partial charge in [-0.15, -0.1) is 0 Å². The maximum absolute atomic E-state index is 12.4. The quantitative estimate of drug-likeness (QED) is 0.299. The van der Waals surface area contributed by atoms with E-state index in [4.69, 9.17) is 39.8 Å². The Kier molecular flexibility index (Phi) is 7.70. The molecule has 0 bridgehead atoms. The van der Waals surface area contributed by atoms with Gasteiger partial charge in [-0.1, -0.05) is 35.3 Å². The number of thiocarbonyl (C=S) groups is 1. The molecule has 1 saturated heterocycles. The molecule has 1 aliphatic rings. The normalized spacial score (nSPS) is 13.8. The summed E-state index contributed by atoms with van der Waals surface area (Å²) in [5.41, 5.74) is 2.69. The summed E-state index contributed by atoms with van der Waals surface area (Å²) in [5, 5.41) is 7.11. The van der Waals surface area contributed by atoms with Gasteiger partial charge < -0.3 is 14.6 Å². The average Bonchev–Trinajstić information content (AvgIpc) is 3.27. The van der Waals surface area contributed by atoms with Gasteiger partial charge in [0.25, 0.3) is 0 Å². The van der Waals surface area contributed by atoms with Gasteiger partial charge in [-0.25, -0.2) is 0 Å². The van der Waals surface area contributed by atoms with Crippen LogP contribution in [0.5, 0.6) is 0 Å². The number of amides is 1. The van der Waals surface area contributed by atoms with E-state index in [0.29, 0.717) is 21.6 Å². The molecule has 2 N–H and O–H groups in total. The monoisotopic (exact) mass is 499 g/mol. The SMILES string of the molecule is O=C(/C=C/c1ccc(-c2ccc(Cl)cc2Cl)o1)NC(=S)Nc1ccccc1N1CCCCC1. The van der Waals surface area contributed by atoms with Gasteiger partial charge in [0.15, 0.2) is 5.11 Å². The molecule has 2 aromatic carbocycles. The highest BCUT2D eigenvalue weighted by Crippen LogP contribution is 2.32. The summed E-state index contributed by atoms with van der Waals surface area (Å²) in [6, 6.07) is 16.7. The largest absolute Gasteiger partial charge is 0.457 e. The fourth-order valence-corrected chi connectivity index (χ4v) is 4.44. The number of hydrogen-bond donors (Lipinski definition) is 2. The molecule has 0 saturated carbocycles. The molecule has 8 heteroatoms. The molecule has 1 aromatic heterocycles. The molecule has 2 heterocycles. The van der Waals surface area contributed by atoms with Crippen LogP contribution in [0.4, 0.5) is 11.4 Å². The van der Waals surface area contributed by atoms with Crippen molar-refractivity contribution >= 4 is 63.9 Å². The molecule has 170 valence electrons. The number of furan rings is 1. The van der Waals surface area contributed by atoms with Crippen LogP contribution < -0.4 is 15.5 Å². The van der Waals surface area contributed by atoms with Gasteiger partial charge in [0.2, 0.25) is 5.91 Å². The average molecular weight is 500 g/mol. The summed E-state index contributed by atoms with van der Waals surface area (Å²) in [4.78, 5) is 14.7. The zero-order chi connectivity index (χ0) is 23.2. The van der Waals surface area contributed by atoms with Gasteiger partial charge in [0.1, 0.15) is 11.5 Å². The predicted molar refractivity (Wildman–Crippen MR) is 140 cm³/mol. The van der Waals surface area contributed by atoms with Crippen LogP contribution in [0.2, 0.25) is 10.0 Å². The molecule has 0 radical (unpaired) electrons. The number of benzene rings is 2. The molecule has 1 fully saturated rings. The Balaban J connectivity index is 1.36. The van der Waals surface area contributed by atoms with Crippen molar-refractivity contribution in [3.63, 3.8) is 0 Å². The summed E-state index contributed by atoms with van der Waals surface area (Å²) >= 11 is 17.5.